The third-order valence-electron chi connectivity index (χ3n) is 3.50. The minimum absolute atomic E-state index is 0.349. The van der Waals surface area contributed by atoms with Crippen molar-refractivity contribution in [1.82, 2.24) is 15.0 Å². The van der Waals surface area contributed by atoms with Crippen LogP contribution in [0.5, 0.6) is 0 Å². The molecule has 0 aliphatic heterocycles. The molecule has 0 saturated carbocycles. The zero-order valence-electron chi connectivity index (χ0n) is 12.5. The molecule has 21 heavy (non-hydrogen) atoms. The smallest absolute Gasteiger partial charge is 0.163 e. The Bertz CT molecular complexity index is 775. The topological polar surface area (TPSA) is 50.7 Å². The van der Waals surface area contributed by atoms with Gasteiger partial charge in [0, 0.05) is 42.2 Å². The first-order valence-electron chi connectivity index (χ1n) is 7.09. The molecule has 0 aliphatic rings. The highest BCUT2D eigenvalue weighted by molar-refractivity contribution is 5.94. The Morgan fingerprint density at radius 1 is 1.05 bits per heavy atom. The number of anilines is 1. The molecule has 3 rings (SSSR count). The molecule has 0 saturated heterocycles. The third kappa shape index (κ3) is 2.57. The summed E-state index contributed by atoms with van der Waals surface area (Å²) in [6.45, 7) is 4.26. The third-order valence-corrected chi connectivity index (χ3v) is 3.50. The molecule has 0 unspecified atom stereocenters. The van der Waals surface area contributed by atoms with E-state index in [2.05, 4.69) is 41.3 Å². The number of hydrogen-bond donors (Lipinski definition) is 1. The van der Waals surface area contributed by atoms with Crippen LogP contribution in [0, 0.1) is 0 Å². The van der Waals surface area contributed by atoms with E-state index in [1.54, 1.807) is 0 Å². The van der Waals surface area contributed by atoms with E-state index in [0.29, 0.717) is 5.92 Å². The molecule has 1 N–H and O–H groups in total. The minimum Gasteiger partial charge on any atom is -0.373 e. The van der Waals surface area contributed by atoms with Crippen LogP contribution in [0.25, 0.3) is 22.2 Å². The molecule has 0 atom stereocenters. The van der Waals surface area contributed by atoms with Gasteiger partial charge in [0.05, 0.1) is 0 Å². The van der Waals surface area contributed by atoms with Crippen molar-refractivity contribution >= 4 is 16.6 Å². The second-order valence-corrected chi connectivity index (χ2v) is 5.31. The predicted molar refractivity (Wildman–Crippen MR) is 86.4 cm³/mol. The fourth-order valence-corrected chi connectivity index (χ4v) is 2.30. The first-order valence-corrected chi connectivity index (χ1v) is 7.09. The van der Waals surface area contributed by atoms with Gasteiger partial charge >= 0.3 is 0 Å². The molecule has 0 bridgehead atoms. The molecule has 4 nitrogen and oxygen atoms in total. The van der Waals surface area contributed by atoms with E-state index in [1.165, 1.54) is 0 Å². The molecule has 3 aromatic rings. The number of benzene rings is 1. The summed E-state index contributed by atoms with van der Waals surface area (Å²) in [4.78, 5) is 13.6. The number of nitrogens with zero attached hydrogens (tertiary/aromatic N) is 3. The van der Waals surface area contributed by atoms with Gasteiger partial charge in [0.1, 0.15) is 5.82 Å². The van der Waals surface area contributed by atoms with Gasteiger partial charge in [-0.05, 0) is 11.3 Å². The normalized spacial score (nSPS) is 11.0. The van der Waals surface area contributed by atoms with Crippen LogP contribution in [-0.4, -0.2) is 22.0 Å². The Morgan fingerprint density at radius 2 is 1.86 bits per heavy atom. The van der Waals surface area contributed by atoms with Crippen molar-refractivity contribution in [2.75, 3.05) is 12.4 Å². The van der Waals surface area contributed by atoms with E-state index in [9.17, 15) is 0 Å². The summed E-state index contributed by atoms with van der Waals surface area (Å²) in [7, 11) is 1.87. The van der Waals surface area contributed by atoms with Crippen molar-refractivity contribution in [3.63, 3.8) is 0 Å². The van der Waals surface area contributed by atoms with Gasteiger partial charge in [0.25, 0.3) is 0 Å². The average molecular weight is 278 g/mol. The van der Waals surface area contributed by atoms with E-state index in [1.807, 2.05) is 37.6 Å². The lowest BCUT2D eigenvalue weighted by molar-refractivity contribution is 0.817. The van der Waals surface area contributed by atoms with Gasteiger partial charge in [-0.2, -0.15) is 0 Å². The first kappa shape index (κ1) is 13.5. The number of fused-ring (bicyclic) bond motifs is 1. The Labute approximate surface area is 124 Å². The van der Waals surface area contributed by atoms with Crippen molar-refractivity contribution < 1.29 is 0 Å². The van der Waals surface area contributed by atoms with Crippen molar-refractivity contribution in [2.24, 2.45) is 0 Å². The molecular formula is C17H18N4. The Balaban J connectivity index is 2.25. The zero-order chi connectivity index (χ0) is 14.8. The monoisotopic (exact) mass is 278 g/mol. The molecular weight excluding hydrogens is 260 g/mol. The maximum atomic E-state index is 4.71. The lowest BCUT2D eigenvalue weighted by Crippen LogP contribution is -2.02. The predicted octanol–water partition coefficient (Wildman–Crippen LogP) is 3.86. The van der Waals surface area contributed by atoms with E-state index >= 15 is 0 Å². The lowest BCUT2D eigenvalue weighted by atomic mass is 10.1. The van der Waals surface area contributed by atoms with Crippen LogP contribution in [0.4, 0.5) is 5.82 Å². The molecule has 1 aromatic carbocycles. The minimum atomic E-state index is 0.349. The Kier molecular flexibility index (Phi) is 3.52. The van der Waals surface area contributed by atoms with Gasteiger partial charge in [0.2, 0.25) is 0 Å². The van der Waals surface area contributed by atoms with Crippen LogP contribution in [-0.2, 0) is 0 Å². The molecule has 4 heteroatoms. The summed E-state index contributed by atoms with van der Waals surface area (Å²) in [5.74, 6) is 1.90. The highest BCUT2D eigenvalue weighted by atomic mass is 15.0. The van der Waals surface area contributed by atoms with Gasteiger partial charge in [-0.25, -0.2) is 9.97 Å². The Hall–Kier alpha value is -2.49. The highest BCUT2D eigenvalue weighted by Gasteiger charge is 2.11. The van der Waals surface area contributed by atoms with Gasteiger partial charge < -0.3 is 5.32 Å². The molecule has 0 aliphatic carbocycles. The fraction of sp³-hybridized carbons (Fsp3) is 0.235. The Morgan fingerprint density at radius 3 is 2.62 bits per heavy atom. The fourth-order valence-electron chi connectivity index (χ4n) is 2.30. The van der Waals surface area contributed by atoms with Gasteiger partial charge in [-0.1, -0.05) is 38.1 Å². The summed E-state index contributed by atoms with van der Waals surface area (Å²) in [6.07, 6.45) is 3.70. The van der Waals surface area contributed by atoms with Crippen LogP contribution in [0.1, 0.15) is 25.5 Å². The summed E-state index contributed by atoms with van der Waals surface area (Å²) in [5.41, 5.74) is 1.99. The standard InChI is InChI=1S/C17H18N4/c1-11(2)15-8-16(18-3)21-17(20-15)14-10-19-9-12-6-4-5-7-13(12)14/h4-11H,1-3H3,(H,18,20,21). The van der Waals surface area contributed by atoms with E-state index in [-0.39, 0.29) is 0 Å². The molecule has 0 fully saturated rings. The van der Waals surface area contributed by atoms with Crippen LogP contribution < -0.4 is 5.32 Å². The maximum Gasteiger partial charge on any atom is 0.163 e. The van der Waals surface area contributed by atoms with Crippen molar-refractivity contribution in [3.8, 4) is 11.4 Å². The second kappa shape index (κ2) is 5.48. The van der Waals surface area contributed by atoms with Gasteiger partial charge in [-0.3, -0.25) is 4.98 Å². The van der Waals surface area contributed by atoms with E-state index in [0.717, 1.165) is 33.7 Å². The molecule has 2 aromatic heterocycles. The van der Waals surface area contributed by atoms with E-state index < -0.39 is 0 Å². The summed E-state index contributed by atoms with van der Waals surface area (Å²) >= 11 is 0. The van der Waals surface area contributed by atoms with Gasteiger partial charge in [-0.15, -0.1) is 0 Å². The summed E-state index contributed by atoms with van der Waals surface area (Å²) in [6, 6.07) is 10.2. The number of nitrogens with one attached hydrogen (secondary N) is 1. The number of pyridine rings is 1. The molecule has 2 heterocycles. The van der Waals surface area contributed by atoms with Crippen molar-refractivity contribution in [2.45, 2.75) is 19.8 Å². The van der Waals surface area contributed by atoms with E-state index in [4.69, 9.17) is 4.98 Å². The molecule has 0 spiro atoms. The number of hydrogen-bond acceptors (Lipinski definition) is 4. The first-order chi connectivity index (χ1) is 10.2. The van der Waals surface area contributed by atoms with Crippen LogP contribution in [0.3, 0.4) is 0 Å². The second-order valence-electron chi connectivity index (χ2n) is 5.31. The summed E-state index contributed by atoms with van der Waals surface area (Å²) in [5, 5.41) is 5.33. The summed E-state index contributed by atoms with van der Waals surface area (Å²) < 4.78 is 0. The van der Waals surface area contributed by atoms with Crippen LogP contribution in [0.2, 0.25) is 0 Å². The number of aromatic nitrogens is 3. The molecule has 0 radical (unpaired) electrons. The maximum absolute atomic E-state index is 4.71. The molecule has 106 valence electrons. The molecule has 0 amide bonds. The lowest BCUT2D eigenvalue weighted by Gasteiger charge is -2.11. The van der Waals surface area contributed by atoms with Crippen molar-refractivity contribution in [3.05, 3.63) is 48.4 Å². The van der Waals surface area contributed by atoms with Crippen LogP contribution in [0.15, 0.2) is 42.7 Å². The average Bonchev–Trinajstić information content (AvgIpc) is 2.53. The zero-order valence-corrected chi connectivity index (χ0v) is 12.5. The largest absolute Gasteiger partial charge is 0.373 e. The SMILES string of the molecule is CNc1cc(C(C)C)nc(-c2cncc3ccccc23)n1. The quantitative estimate of drug-likeness (QED) is 0.790. The van der Waals surface area contributed by atoms with Crippen LogP contribution >= 0.6 is 0 Å². The van der Waals surface area contributed by atoms with Crippen molar-refractivity contribution in [1.29, 1.82) is 0 Å². The van der Waals surface area contributed by atoms with Gasteiger partial charge in [0.15, 0.2) is 5.82 Å². The number of rotatable bonds is 3. The highest BCUT2D eigenvalue weighted by Crippen LogP contribution is 2.27.